The van der Waals surface area contributed by atoms with E-state index in [-0.39, 0.29) is 11.9 Å². The molecule has 2 rings (SSSR count). The highest BCUT2D eigenvalue weighted by Crippen LogP contribution is 2.14. The van der Waals surface area contributed by atoms with Crippen LogP contribution in [0.5, 0.6) is 0 Å². The van der Waals surface area contributed by atoms with Gasteiger partial charge in [0.1, 0.15) is 0 Å². The highest BCUT2D eigenvalue weighted by atomic mass is 16.2. The van der Waals surface area contributed by atoms with E-state index in [1.807, 2.05) is 13.0 Å². The van der Waals surface area contributed by atoms with Crippen LogP contribution in [0.3, 0.4) is 0 Å². The topological polar surface area (TPSA) is 54.0 Å². The molecule has 0 radical (unpaired) electrons. The van der Waals surface area contributed by atoms with E-state index in [0.717, 1.165) is 37.1 Å². The summed E-state index contributed by atoms with van der Waals surface area (Å²) in [5.74, 6) is 0.0639. The predicted octanol–water partition coefficient (Wildman–Crippen LogP) is 1.47. The van der Waals surface area contributed by atoms with Crippen molar-refractivity contribution in [2.45, 2.75) is 32.2 Å². The summed E-state index contributed by atoms with van der Waals surface area (Å²) in [6.45, 7) is 2.88. The normalized spacial score (nSPS) is 20.4. The van der Waals surface area contributed by atoms with E-state index in [2.05, 4.69) is 15.6 Å². The number of amides is 1. The van der Waals surface area contributed by atoms with Crippen LogP contribution in [0.25, 0.3) is 0 Å². The molecule has 0 aromatic carbocycles. The molecule has 0 unspecified atom stereocenters. The quantitative estimate of drug-likeness (QED) is 0.792. The predicted molar refractivity (Wildman–Crippen MR) is 63.2 cm³/mol. The minimum absolute atomic E-state index is 0.0404. The fourth-order valence-corrected chi connectivity index (χ4v) is 1.91. The van der Waals surface area contributed by atoms with E-state index < -0.39 is 0 Å². The maximum absolute atomic E-state index is 11.9. The molecule has 0 saturated carbocycles. The number of hydrogen-bond donors (Lipinski definition) is 2. The van der Waals surface area contributed by atoms with Gasteiger partial charge in [-0.15, -0.1) is 0 Å². The van der Waals surface area contributed by atoms with Crippen molar-refractivity contribution in [2.75, 3.05) is 11.9 Å². The molecular weight excluding hydrogens is 202 g/mol. The molecule has 1 aromatic rings. The summed E-state index contributed by atoms with van der Waals surface area (Å²) in [4.78, 5) is 15.9. The smallest absolute Gasteiger partial charge is 0.241 e. The molecule has 86 valence electrons. The monoisotopic (exact) mass is 219 g/mol. The van der Waals surface area contributed by atoms with E-state index in [0.29, 0.717) is 0 Å². The van der Waals surface area contributed by atoms with Crippen LogP contribution in [0, 0.1) is 6.92 Å². The van der Waals surface area contributed by atoms with Gasteiger partial charge >= 0.3 is 0 Å². The van der Waals surface area contributed by atoms with Gasteiger partial charge in [0.25, 0.3) is 0 Å². The summed E-state index contributed by atoms with van der Waals surface area (Å²) in [5, 5.41) is 6.17. The van der Waals surface area contributed by atoms with Crippen molar-refractivity contribution in [3.05, 3.63) is 24.0 Å². The van der Waals surface area contributed by atoms with Gasteiger partial charge in [0.15, 0.2) is 0 Å². The zero-order valence-electron chi connectivity index (χ0n) is 9.49. The van der Waals surface area contributed by atoms with Gasteiger partial charge in [0.05, 0.1) is 6.04 Å². The average Bonchev–Trinajstić information content (AvgIpc) is 2.33. The summed E-state index contributed by atoms with van der Waals surface area (Å²) in [5.41, 5.74) is 1.85. The fourth-order valence-electron chi connectivity index (χ4n) is 1.91. The number of pyridine rings is 1. The largest absolute Gasteiger partial charge is 0.324 e. The maximum Gasteiger partial charge on any atom is 0.241 e. The fraction of sp³-hybridized carbons (Fsp3) is 0.500. The molecule has 0 bridgehead atoms. The number of nitrogens with zero attached hydrogens (tertiary/aromatic N) is 1. The second-order valence-electron chi connectivity index (χ2n) is 4.18. The van der Waals surface area contributed by atoms with E-state index >= 15 is 0 Å². The lowest BCUT2D eigenvalue weighted by molar-refractivity contribution is -0.118. The highest BCUT2D eigenvalue weighted by molar-refractivity contribution is 5.95. The number of rotatable bonds is 2. The number of piperidine rings is 1. The molecule has 1 saturated heterocycles. The van der Waals surface area contributed by atoms with E-state index in [4.69, 9.17) is 0 Å². The van der Waals surface area contributed by atoms with Gasteiger partial charge in [-0.1, -0.05) is 6.42 Å². The Morgan fingerprint density at radius 2 is 2.44 bits per heavy atom. The summed E-state index contributed by atoms with van der Waals surface area (Å²) in [6.07, 6.45) is 6.66. The van der Waals surface area contributed by atoms with Crippen LogP contribution in [0.1, 0.15) is 24.8 Å². The van der Waals surface area contributed by atoms with E-state index in [9.17, 15) is 4.79 Å². The molecule has 2 N–H and O–H groups in total. The van der Waals surface area contributed by atoms with Gasteiger partial charge in [0, 0.05) is 18.1 Å². The number of hydrogen-bond acceptors (Lipinski definition) is 3. The average molecular weight is 219 g/mol. The van der Waals surface area contributed by atoms with Crippen LogP contribution in [-0.2, 0) is 4.79 Å². The van der Waals surface area contributed by atoms with Crippen LogP contribution in [0.2, 0.25) is 0 Å². The lowest BCUT2D eigenvalue weighted by Crippen LogP contribution is -2.43. The zero-order chi connectivity index (χ0) is 11.4. The first-order valence-electron chi connectivity index (χ1n) is 5.72. The first kappa shape index (κ1) is 11.1. The number of carbonyl (C=O) groups is 1. The lowest BCUT2D eigenvalue weighted by Gasteiger charge is -2.22. The van der Waals surface area contributed by atoms with E-state index in [1.165, 1.54) is 0 Å². The summed E-state index contributed by atoms with van der Waals surface area (Å²) in [6, 6.07) is 1.79. The van der Waals surface area contributed by atoms with Crippen molar-refractivity contribution in [1.29, 1.82) is 0 Å². The first-order chi connectivity index (χ1) is 7.77. The molecule has 1 atom stereocenters. The number of aryl methyl sites for hydroxylation is 1. The molecule has 1 aromatic heterocycles. The molecule has 0 aliphatic carbocycles. The Hall–Kier alpha value is -1.42. The third-order valence-electron chi connectivity index (χ3n) is 2.90. The van der Waals surface area contributed by atoms with Crippen molar-refractivity contribution in [3.8, 4) is 0 Å². The Labute approximate surface area is 95.5 Å². The second-order valence-corrected chi connectivity index (χ2v) is 4.18. The summed E-state index contributed by atoms with van der Waals surface area (Å²) in [7, 11) is 0. The van der Waals surface area contributed by atoms with Gasteiger partial charge in [-0.05, 0) is 37.9 Å². The third-order valence-corrected chi connectivity index (χ3v) is 2.90. The Bertz CT molecular complexity index is 372. The second kappa shape index (κ2) is 5.07. The van der Waals surface area contributed by atoms with Crippen molar-refractivity contribution < 1.29 is 4.79 Å². The lowest BCUT2D eigenvalue weighted by atomic mass is 10.0. The number of aromatic nitrogens is 1. The van der Waals surface area contributed by atoms with Crippen molar-refractivity contribution in [3.63, 3.8) is 0 Å². The number of nitrogens with one attached hydrogen (secondary N) is 2. The van der Waals surface area contributed by atoms with Crippen LogP contribution in [0.4, 0.5) is 5.69 Å². The molecule has 1 aliphatic heterocycles. The maximum atomic E-state index is 11.9. The van der Waals surface area contributed by atoms with Crippen LogP contribution in [0.15, 0.2) is 18.5 Å². The number of anilines is 1. The molecule has 1 amide bonds. The Kier molecular flexibility index (Phi) is 3.51. The minimum Gasteiger partial charge on any atom is -0.324 e. The van der Waals surface area contributed by atoms with E-state index in [1.54, 1.807) is 12.4 Å². The van der Waals surface area contributed by atoms with Crippen LogP contribution in [-0.4, -0.2) is 23.5 Å². The number of carbonyl (C=O) groups excluding carboxylic acids is 1. The van der Waals surface area contributed by atoms with Gasteiger partial charge in [-0.25, -0.2) is 0 Å². The molecule has 2 heterocycles. The van der Waals surface area contributed by atoms with Gasteiger partial charge in [0.2, 0.25) is 5.91 Å². The summed E-state index contributed by atoms with van der Waals surface area (Å²) >= 11 is 0. The summed E-state index contributed by atoms with van der Waals surface area (Å²) < 4.78 is 0. The molecule has 1 fully saturated rings. The zero-order valence-corrected chi connectivity index (χ0v) is 9.49. The molecule has 16 heavy (non-hydrogen) atoms. The molecular formula is C12H17N3O. The third kappa shape index (κ3) is 2.58. The van der Waals surface area contributed by atoms with Gasteiger partial charge in [-0.3, -0.25) is 9.78 Å². The minimum atomic E-state index is -0.0404. The standard InChI is InChI=1S/C12H17N3O/c1-9-8-13-7-5-10(9)15-12(16)11-4-2-3-6-14-11/h5,7-8,11,14H,2-4,6H2,1H3,(H,13,15,16)/t11-/m0/s1. The Balaban J connectivity index is 1.99. The molecule has 4 heteroatoms. The molecule has 0 spiro atoms. The Morgan fingerprint density at radius 1 is 1.56 bits per heavy atom. The SMILES string of the molecule is Cc1cnccc1NC(=O)[C@@H]1CCCCN1. The van der Waals surface area contributed by atoms with Gasteiger partial charge < -0.3 is 10.6 Å². The molecule has 1 aliphatic rings. The van der Waals surface area contributed by atoms with Crippen molar-refractivity contribution in [1.82, 2.24) is 10.3 Å². The highest BCUT2D eigenvalue weighted by Gasteiger charge is 2.20. The Morgan fingerprint density at radius 3 is 3.12 bits per heavy atom. The van der Waals surface area contributed by atoms with Crippen molar-refractivity contribution in [2.24, 2.45) is 0 Å². The van der Waals surface area contributed by atoms with Gasteiger partial charge in [-0.2, -0.15) is 0 Å². The van der Waals surface area contributed by atoms with Crippen molar-refractivity contribution >= 4 is 11.6 Å². The first-order valence-corrected chi connectivity index (χ1v) is 5.72. The van der Waals surface area contributed by atoms with Crippen LogP contribution < -0.4 is 10.6 Å². The molecule has 4 nitrogen and oxygen atoms in total. The van der Waals surface area contributed by atoms with Crippen LogP contribution >= 0.6 is 0 Å².